The molecule has 138 valence electrons. The van der Waals surface area contributed by atoms with Crippen LogP contribution in [-0.2, 0) is 0 Å². The Bertz CT molecular complexity index is 954. The maximum atomic E-state index is 12.6. The topological polar surface area (TPSA) is 76.7 Å². The Morgan fingerprint density at radius 3 is 2.22 bits per heavy atom. The van der Waals surface area contributed by atoms with E-state index in [1.54, 1.807) is 48.5 Å². The van der Waals surface area contributed by atoms with Gasteiger partial charge in [0.1, 0.15) is 11.5 Å². The summed E-state index contributed by atoms with van der Waals surface area (Å²) in [6.45, 7) is 0. The third kappa shape index (κ3) is 4.45. The first kappa shape index (κ1) is 18.5. The number of rotatable bonds is 6. The Labute approximate surface area is 160 Å². The van der Waals surface area contributed by atoms with E-state index in [4.69, 9.17) is 9.47 Å². The van der Waals surface area contributed by atoms with Crippen LogP contribution in [0, 0.1) is 0 Å². The summed E-state index contributed by atoms with van der Waals surface area (Å²) < 4.78 is 10.4. The number of hydrogen-bond acceptors (Lipinski definition) is 5. The van der Waals surface area contributed by atoms with Gasteiger partial charge in [-0.1, -0.05) is 12.1 Å². The number of thiophene rings is 1. The normalized spacial score (nSPS) is 10.1. The van der Waals surface area contributed by atoms with Gasteiger partial charge < -0.3 is 20.1 Å². The third-order valence-electron chi connectivity index (χ3n) is 3.77. The van der Waals surface area contributed by atoms with Crippen LogP contribution in [0.2, 0.25) is 0 Å². The summed E-state index contributed by atoms with van der Waals surface area (Å²) in [5.41, 5.74) is 1.49. The third-order valence-corrected chi connectivity index (χ3v) is 4.64. The van der Waals surface area contributed by atoms with E-state index in [1.807, 2.05) is 11.4 Å². The molecule has 0 aliphatic rings. The fourth-order valence-electron chi connectivity index (χ4n) is 2.47. The van der Waals surface area contributed by atoms with Crippen molar-refractivity contribution in [1.82, 2.24) is 0 Å². The molecule has 1 aromatic heterocycles. The molecule has 0 saturated carbocycles. The molecule has 2 N–H and O–H groups in total. The second-order valence-corrected chi connectivity index (χ2v) is 6.48. The minimum Gasteiger partial charge on any atom is -0.497 e. The molecule has 2 aromatic carbocycles. The van der Waals surface area contributed by atoms with Gasteiger partial charge in [0.25, 0.3) is 11.8 Å². The van der Waals surface area contributed by atoms with Crippen LogP contribution in [0.5, 0.6) is 11.5 Å². The number of benzene rings is 2. The molecule has 6 nitrogen and oxygen atoms in total. The van der Waals surface area contributed by atoms with E-state index >= 15 is 0 Å². The van der Waals surface area contributed by atoms with Crippen LogP contribution in [0.1, 0.15) is 20.0 Å². The molecule has 2 amide bonds. The number of nitrogens with one attached hydrogen (secondary N) is 2. The number of hydrogen-bond donors (Lipinski definition) is 2. The van der Waals surface area contributed by atoms with Crippen molar-refractivity contribution in [2.75, 3.05) is 24.9 Å². The van der Waals surface area contributed by atoms with Crippen molar-refractivity contribution in [2.24, 2.45) is 0 Å². The van der Waals surface area contributed by atoms with E-state index in [1.165, 1.54) is 25.6 Å². The molecule has 0 saturated heterocycles. The highest BCUT2D eigenvalue weighted by Gasteiger charge is 2.14. The average molecular weight is 382 g/mol. The molecule has 0 radical (unpaired) electrons. The van der Waals surface area contributed by atoms with Crippen LogP contribution >= 0.6 is 11.3 Å². The molecule has 0 spiro atoms. The number of carbonyl (C=O) groups is 2. The van der Waals surface area contributed by atoms with Gasteiger partial charge in [0.15, 0.2) is 0 Å². The van der Waals surface area contributed by atoms with Gasteiger partial charge in [-0.25, -0.2) is 0 Å². The second kappa shape index (κ2) is 8.37. The van der Waals surface area contributed by atoms with Crippen molar-refractivity contribution >= 4 is 34.5 Å². The molecular weight excluding hydrogens is 364 g/mol. The Morgan fingerprint density at radius 1 is 0.852 bits per heavy atom. The van der Waals surface area contributed by atoms with Crippen LogP contribution in [0.15, 0.2) is 60.0 Å². The summed E-state index contributed by atoms with van der Waals surface area (Å²) in [6, 6.07) is 15.5. The van der Waals surface area contributed by atoms with Gasteiger partial charge in [-0.15, -0.1) is 11.3 Å². The van der Waals surface area contributed by atoms with Gasteiger partial charge in [-0.05, 0) is 47.8 Å². The Hall–Kier alpha value is -3.32. The van der Waals surface area contributed by atoms with E-state index in [0.717, 1.165) is 0 Å². The predicted octanol–water partition coefficient (Wildman–Crippen LogP) is 4.27. The van der Waals surface area contributed by atoms with E-state index in [9.17, 15) is 9.59 Å². The molecule has 7 heteroatoms. The van der Waals surface area contributed by atoms with Crippen LogP contribution in [0.4, 0.5) is 11.4 Å². The van der Waals surface area contributed by atoms with Crippen molar-refractivity contribution in [3.8, 4) is 11.5 Å². The fraction of sp³-hybridized carbons (Fsp3) is 0.100. The molecule has 27 heavy (non-hydrogen) atoms. The first-order valence-electron chi connectivity index (χ1n) is 8.09. The molecule has 3 rings (SSSR count). The Morgan fingerprint density at radius 2 is 1.59 bits per heavy atom. The van der Waals surface area contributed by atoms with Crippen molar-refractivity contribution in [2.45, 2.75) is 0 Å². The standard InChI is InChI=1S/C20H18N2O4S/c1-25-15-8-9-17(26-2)16(12-15)19(23)21-13-5-3-6-14(11-13)22-20(24)18-7-4-10-27-18/h3-12H,1-2H3,(H,21,23)(H,22,24). The molecule has 0 aliphatic heterocycles. The van der Waals surface area contributed by atoms with E-state index in [0.29, 0.717) is 33.3 Å². The summed E-state index contributed by atoms with van der Waals surface area (Å²) in [5.74, 6) is 0.462. The smallest absolute Gasteiger partial charge is 0.265 e. The van der Waals surface area contributed by atoms with E-state index in [2.05, 4.69) is 10.6 Å². The molecule has 0 bridgehead atoms. The zero-order valence-corrected chi connectivity index (χ0v) is 15.6. The highest BCUT2D eigenvalue weighted by Crippen LogP contribution is 2.25. The van der Waals surface area contributed by atoms with Crippen molar-refractivity contribution in [1.29, 1.82) is 0 Å². The van der Waals surface area contributed by atoms with Gasteiger partial charge in [-0.2, -0.15) is 0 Å². The van der Waals surface area contributed by atoms with Gasteiger partial charge >= 0.3 is 0 Å². The second-order valence-electron chi connectivity index (χ2n) is 5.53. The average Bonchev–Trinajstić information content (AvgIpc) is 3.22. The molecule has 0 aliphatic carbocycles. The maximum absolute atomic E-state index is 12.6. The SMILES string of the molecule is COc1ccc(OC)c(C(=O)Nc2cccc(NC(=O)c3cccs3)c2)c1. The number of anilines is 2. The van der Waals surface area contributed by atoms with Crippen molar-refractivity contribution < 1.29 is 19.1 Å². The van der Waals surface area contributed by atoms with Crippen LogP contribution < -0.4 is 20.1 Å². The maximum Gasteiger partial charge on any atom is 0.265 e. The van der Waals surface area contributed by atoms with E-state index < -0.39 is 0 Å². The molecule has 3 aromatic rings. The van der Waals surface area contributed by atoms with Gasteiger partial charge in [-0.3, -0.25) is 9.59 Å². The Kier molecular flexibility index (Phi) is 5.73. The van der Waals surface area contributed by atoms with Crippen molar-refractivity contribution in [3.05, 3.63) is 70.4 Å². The largest absolute Gasteiger partial charge is 0.497 e. The summed E-state index contributed by atoms with van der Waals surface area (Å²) in [6.07, 6.45) is 0. The zero-order chi connectivity index (χ0) is 19.2. The molecule has 1 heterocycles. The number of ether oxygens (including phenoxy) is 2. The highest BCUT2D eigenvalue weighted by atomic mass is 32.1. The molecule has 0 fully saturated rings. The number of methoxy groups -OCH3 is 2. The highest BCUT2D eigenvalue weighted by molar-refractivity contribution is 7.12. The zero-order valence-electron chi connectivity index (χ0n) is 14.8. The lowest BCUT2D eigenvalue weighted by Gasteiger charge is -2.12. The van der Waals surface area contributed by atoms with Gasteiger partial charge in [0, 0.05) is 11.4 Å². The first-order chi connectivity index (χ1) is 13.1. The minimum atomic E-state index is -0.340. The van der Waals surface area contributed by atoms with E-state index in [-0.39, 0.29) is 11.8 Å². The number of carbonyl (C=O) groups excluding carboxylic acids is 2. The summed E-state index contributed by atoms with van der Waals surface area (Å²) in [5, 5.41) is 7.46. The monoisotopic (exact) mass is 382 g/mol. The van der Waals surface area contributed by atoms with Crippen LogP contribution in [-0.4, -0.2) is 26.0 Å². The van der Waals surface area contributed by atoms with Gasteiger partial charge in [0.2, 0.25) is 0 Å². The Balaban J connectivity index is 1.76. The summed E-state index contributed by atoms with van der Waals surface area (Å²) in [4.78, 5) is 25.4. The quantitative estimate of drug-likeness (QED) is 0.667. The predicted molar refractivity (Wildman–Crippen MR) is 106 cm³/mol. The van der Waals surface area contributed by atoms with Crippen molar-refractivity contribution in [3.63, 3.8) is 0 Å². The number of amides is 2. The van der Waals surface area contributed by atoms with Gasteiger partial charge in [0.05, 0.1) is 24.7 Å². The molecular formula is C20H18N2O4S. The fourth-order valence-corrected chi connectivity index (χ4v) is 3.08. The molecule has 0 atom stereocenters. The lowest BCUT2D eigenvalue weighted by atomic mass is 10.1. The van der Waals surface area contributed by atoms with Crippen LogP contribution in [0.3, 0.4) is 0 Å². The summed E-state index contributed by atoms with van der Waals surface area (Å²) >= 11 is 1.36. The summed E-state index contributed by atoms with van der Waals surface area (Å²) in [7, 11) is 3.03. The van der Waals surface area contributed by atoms with Crippen LogP contribution in [0.25, 0.3) is 0 Å². The minimum absolute atomic E-state index is 0.192. The first-order valence-corrected chi connectivity index (χ1v) is 8.97. The lowest BCUT2D eigenvalue weighted by Crippen LogP contribution is -2.14. The molecule has 0 unspecified atom stereocenters. The lowest BCUT2D eigenvalue weighted by molar-refractivity contribution is 0.101.